The normalized spacial score (nSPS) is 10.7. The van der Waals surface area contributed by atoms with Crippen molar-refractivity contribution < 1.29 is 0 Å². The Bertz CT molecular complexity index is 1110. The Labute approximate surface area is 151 Å². The van der Waals surface area contributed by atoms with Crippen LogP contribution in [0.4, 0.5) is 0 Å². The molecule has 122 valence electrons. The van der Waals surface area contributed by atoms with Gasteiger partial charge in [0.2, 0.25) is 0 Å². The van der Waals surface area contributed by atoms with Crippen LogP contribution in [0, 0.1) is 52.2 Å². The molecule has 3 rings (SSSR count). The number of nitrogens with one attached hydrogen (secondary N) is 1. The third-order valence-electron chi connectivity index (χ3n) is 4.54. The molecule has 0 amide bonds. The summed E-state index contributed by atoms with van der Waals surface area (Å²) in [7, 11) is 0. The first-order valence-corrected chi connectivity index (χ1v) is 7.91. The number of nitrogens with zero attached hydrogens (tertiary/aromatic N) is 4. The average molecular weight is 335 g/mol. The molecular weight excluding hydrogens is 322 g/mol. The molecule has 5 nitrogen and oxygen atoms in total. The molecule has 26 heavy (non-hydrogen) atoms. The van der Waals surface area contributed by atoms with Gasteiger partial charge in [0.1, 0.15) is 0 Å². The van der Waals surface area contributed by atoms with E-state index in [2.05, 4.69) is 17.1 Å². The van der Waals surface area contributed by atoms with Gasteiger partial charge in [-0.25, -0.2) is 0 Å². The number of H-pyrrole nitrogens is 1. The monoisotopic (exact) mass is 335 g/mol. The summed E-state index contributed by atoms with van der Waals surface area (Å²) < 4.78 is 0. The average Bonchev–Trinajstić information content (AvgIpc) is 3.02. The zero-order chi connectivity index (χ0) is 18.7. The second kappa shape index (κ2) is 6.45. The molecule has 0 aliphatic heterocycles. The lowest BCUT2D eigenvalue weighted by atomic mass is 9.75. The molecule has 3 aromatic rings. The first-order chi connectivity index (χ1) is 12.6. The lowest BCUT2D eigenvalue weighted by Gasteiger charge is -2.20. The van der Waals surface area contributed by atoms with Crippen molar-refractivity contribution in [3.63, 3.8) is 0 Å². The second-order valence-corrected chi connectivity index (χ2v) is 5.96. The van der Waals surface area contributed by atoms with Gasteiger partial charge in [0.25, 0.3) is 0 Å². The predicted octanol–water partition coefficient (Wildman–Crippen LogP) is 3.94. The maximum atomic E-state index is 9.97. The molecule has 0 spiro atoms. The van der Waals surface area contributed by atoms with E-state index in [9.17, 15) is 10.5 Å². The number of para-hydroxylation sites is 1. The third kappa shape index (κ3) is 2.37. The molecule has 0 bridgehead atoms. The molecule has 5 heteroatoms. The van der Waals surface area contributed by atoms with Crippen molar-refractivity contribution in [3.8, 4) is 24.3 Å². The van der Waals surface area contributed by atoms with Gasteiger partial charge >= 0.3 is 0 Å². The van der Waals surface area contributed by atoms with Crippen molar-refractivity contribution in [2.75, 3.05) is 0 Å². The number of fused-ring (bicyclic) bond motifs is 1. The van der Waals surface area contributed by atoms with Crippen molar-refractivity contribution in [1.29, 1.82) is 21.0 Å². The minimum absolute atomic E-state index is 0.508. The van der Waals surface area contributed by atoms with Crippen LogP contribution >= 0.6 is 0 Å². The van der Waals surface area contributed by atoms with E-state index in [0.29, 0.717) is 16.7 Å². The van der Waals surface area contributed by atoms with Crippen molar-refractivity contribution in [2.24, 2.45) is 0 Å². The highest BCUT2D eigenvalue weighted by atomic mass is 14.7. The quantitative estimate of drug-likeness (QED) is 0.781. The molecule has 0 atom stereocenters. The molecule has 2 aromatic carbocycles. The lowest BCUT2D eigenvalue weighted by molar-refractivity contribution is 0.844. The number of benzene rings is 2. The van der Waals surface area contributed by atoms with Gasteiger partial charge in [-0.1, -0.05) is 42.5 Å². The summed E-state index contributed by atoms with van der Waals surface area (Å²) in [6, 6.07) is 22.3. The fraction of sp³-hybridized carbons (Fsp3) is 0.143. The molecule has 0 radical (unpaired) electrons. The summed E-state index contributed by atoms with van der Waals surface area (Å²) in [6.07, 6.45) is 0. The summed E-state index contributed by atoms with van der Waals surface area (Å²) >= 11 is 0. The van der Waals surface area contributed by atoms with Gasteiger partial charge in [-0.3, -0.25) is 0 Å². The number of aromatic nitrogens is 1. The zero-order valence-electron chi connectivity index (χ0n) is 14.0. The van der Waals surface area contributed by atoms with Crippen LogP contribution in [0.15, 0.2) is 48.5 Å². The number of rotatable bonds is 3. The summed E-state index contributed by atoms with van der Waals surface area (Å²) in [5, 5.41) is 38.8. The van der Waals surface area contributed by atoms with Gasteiger partial charge in [0.15, 0.2) is 11.3 Å². The SMILES string of the molecule is Cc1[nH]c2ccccc2c1C(C#N)(C#N)c1ccc(C(C#N)C#N)cc1. The Balaban J connectivity index is 2.23. The van der Waals surface area contributed by atoms with E-state index in [1.54, 1.807) is 24.3 Å². The van der Waals surface area contributed by atoms with Gasteiger partial charge in [-0.15, -0.1) is 0 Å². The van der Waals surface area contributed by atoms with Crippen LogP contribution in [-0.4, -0.2) is 4.98 Å². The molecule has 0 unspecified atom stereocenters. The number of hydrogen-bond donors (Lipinski definition) is 1. The summed E-state index contributed by atoms with van der Waals surface area (Å²) in [5.41, 5.74) is 1.80. The van der Waals surface area contributed by atoms with Gasteiger partial charge in [0, 0.05) is 22.2 Å². The predicted molar refractivity (Wildman–Crippen MR) is 95.5 cm³/mol. The van der Waals surface area contributed by atoms with E-state index >= 15 is 0 Å². The fourth-order valence-corrected chi connectivity index (χ4v) is 3.27. The largest absolute Gasteiger partial charge is 0.358 e. The Morgan fingerprint density at radius 1 is 0.885 bits per heavy atom. The Hall–Kier alpha value is -4.06. The smallest absolute Gasteiger partial charge is 0.195 e. The molecule has 0 aliphatic carbocycles. The van der Waals surface area contributed by atoms with Crippen LogP contribution in [0.2, 0.25) is 0 Å². The standard InChI is InChI=1S/C21H13N5/c1-14-20(18-4-2-3-5-19(18)26-14)21(12-24,13-25)17-8-6-15(7-9-17)16(10-22)11-23/h2-9,16,26H,1H3. The molecule has 0 saturated heterocycles. The molecule has 0 saturated carbocycles. The van der Waals surface area contributed by atoms with Crippen LogP contribution in [0.25, 0.3) is 10.9 Å². The van der Waals surface area contributed by atoms with Crippen LogP contribution < -0.4 is 0 Å². The van der Waals surface area contributed by atoms with E-state index in [4.69, 9.17) is 10.5 Å². The third-order valence-corrected chi connectivity index (χ3v) is 4.54. The maximum absolute atomic E-state index is 9.97. The van der Waals surface area contributed by atoms with Crippen molar-refractivity contribution >= 4 is 10.9 Å². The zero-order valence-corrected chi connectivity index (χ0v) is 14.0. The Morgan fingerprint density at radius 2 is 1.50 bits per heavy atom. The minimum Gasteiger partial charge on any atom is -0.358 e. The summed E-state index contributed by atoms with van der Waals surface area (Å²) in [4.78, 5) is 3.23. The number of aryl methyl sites for hydroxylation is 1. The van der Waals surface area contributed by atoms with Crippen molar-refractivity contribution in [3.05, 3.63) is 70.9 Å². The topological polar surface area (TPSA) is 111 Å². The van der Waals surface area contributed by atoms with Crippen LogP contribution in [-0.2, 0) is 5.41 Å². The Morgan fingerprint density at radius 3 is 2.08 bits per heavy atom. The molecule has 1 aromatic heterocycles. The van der Waals surface area contributed by atoms with Crippen LogP contribution in [0.5, 0.6) is 0 Å². The van der Waals surface area contributed by atoms with Gasteiger partial charge in [-0.2, -0.15) is 21.0 Å². The second-order valence-electron chi connectivity index (χ2n) is 5.96. The van der Waals surface area contributed by atoms with Crippen LogP contribution in [0.3, 0.4) is 0 Å². The van der Waals surface area contributed by atoms with Gasteiger partial charge in [0.05, 0.1) is 24.3 Å². The number of aromatic amines is 1. The molecule has 0 fully saturated rings. The summed E-state index contributed by atoms with van der Waals surface area (Å²) in [6.45, 7) is 1.84. The minimum atomic E-state index is -1.49. The fourth-order valence-electron chi connectivity index (χ4n) is 3.27. The van der Waals surface area contributed by atoms with Crippen molar-refractivity contribution in [2.45, 2.75) is 18.3 Å². The highest BCUT2D eigenvalue weighted by Gasteiger charge is 2.38. The lowest BCUT2D eigenvalue weighted by Crippen LogP contribution is -2.24. The highest BCUT2D eigenvalue weighted by Crippen LogP contribution is 2.38. The Kier molecular flexibility index (Phi) is 4.16. The van der Waals surface area contributed by atoms with Crippen LogP contribution in [0.1, 0.15) is 28.3 Å². The van der Waals surface area contributed by atoms with E-state index in [1.807, 2.05) is 43.3 Å². The number of nitriles is 4. The van der Waals surface area contributed by atoms with Gasteiger partial charge < -0.3 is 4.98 Å². The maximum Gasteiger partial charge on any atom is 0.195 e. The van der Waals surface area contributed by atoms with E-state index in [0.717, 1.165) is 16.6 Å². The molecule has 1 heterocycles. The van der Waals surface area contributed by atoms with E-state index in [-0.39, 0.29) is 0 Å². The summed E-state index contributed by atoms with van der Waals surface area (Å²) in [5.74, 6) is -0.877. The first kappa shape index (κ1) is 16.8. The van der Waals surface area contributed by atoms with Gasteiger partial charge in [-0.05, 0) is 24.1 Å². The first-order valence-electron chi connectivity index (χ1n) is 7.91. The molecular formula is C21H13N5. The van der Waals surface area contributed by atoms with E-state index in [1.165, 1.54) is 0 Å². The van der Waals surface area contributed by atoms with Crippen molar-refractivity contribution in [1.82, 2.24) is 4.98 Å². The molecule has 1 N–H and O–H groups in total. The highest BCUT2D eigenvalue weighted by molar-refractivity contribution is 5.88. The molecule has 0 aliphatic rings. The van der Waals surface area contributed by atoms with E-state index < -0.39 is 11.3 Å². The number of hydrogen-bond acceptors (Lipinski definition) is 4.